The third-order valence-corrected chi connectivity index (χ3v) is 4.97. The van der Waals surface area contributed by atoms with Crippen LogP contribution in [0.2, 0.25) is 0 Å². The Morgan fingerprint density at radius 1 is 0.844 bits per heavy atom. The molecule has 0 N–H and O–H groups in total. The molecule has 9 heteroatoms. The van der Waals surface area contributed by atoms with Crippen LogP contribution >= 0.6 is 0 Å². The van der Waals surface area contributed by atoms with Crippen LogP contribution in [0.5, 0.6) is 0 Å². The van der Waals surface area contributed by atoms with Crippen molar-refractivity contribution in [2.45, 2.75) is 26.2 Å². The molecule has 0 saturated carbocycles. The van der Waals surface area contributed by atoms with E-state index in [-0.39, 0.29) is 11.8 Å². The summed E-state index contributed by atoms with van der Waals surface area (Å²) in [6.45, 7) is 3.77. The lowest BCUT2D eigenvalue weighted by molar-refractivity contribution is -0.143. The zero-order valence-corrected chi connectivity index (χ0v) is 17.3. The molecule has 0 aliphatic rings. The molecular weight excluding hydrogens is 434 g/mol. The summed E-state index contributed by atoms with van der Waals surface area (Å²) in [5, 5.41) is 0. The fraction of sp³-hybridized carbons (Fsp3) is 0.217. The van der Waals surface area contributed by atoms with Crippen molar-refractivity contribution in [3.63, 3.8) is 0 Å². The summed E-state index contributed by atoms with van der Waals surface area (Å²) in [5.41, 5.74) is -0.370. The van der Waals surface area contributed by atoms with Gasteiger partial charge < -0.3 is 4.90 Å². The molecule has 1 heterocycles. The number of carbonyl (C=O) groups is 1. The molecule has 1 aromatic heterocycles. The van der Waals surface area contributed by atoms with Gasteiger partial charge >= 0.3 is 12.4 Å². The highest BCUT2D eigenvalue weighted by atomic mass is 19.4. The van der Waals surface area contributed by atoms with Gasteiger partial charge in [-0.15, -0.1) is 0 Å². The van der Waals surface area contributed by atoms with Crippen molar-refractivity contribution in [1.82, 2.24) is 4.98 Å². The topological polar surface area (TPSA) is 33.2 Å². The molecule has 0 saturated heterocycles. The molecular formula is C23H18F6N2O. The maximum atomic E-state index is 13.2. The zero-order chi connectivity index (χ0) is 23.8. The molecule has 3 aromatic rings. The van der Waals surface area contributed by atoms with E-state index in [2.05, 4.69) is 4.98 Å². The SMILES string of the molecule is Cc1ccc(-c2ccncc2N(C)C(=O)c2cc(C(F)(F)F)cc(C(F)(F)F)c2)c(C)c1. The Kier molecular flexibility index (Phi) is 6.04. The summed E-state index contributed by atoms with van der Waals surface area (Å²) >= 11 is 0. The van der Waals surface area contributed by atoms with Crippen molar-refractivity contribution in [3.05, 3.63) is 82.7 Å². The van der Waals surface area contributed by atoms with Gasteiger partial charge in [0, 0.05) is 24.4 Å². The molecule has 2 aromatic carbocycles. The Bertz CT molecular complexity index is 1140. The molecule has 0 aliphatic carbocycles. The fourth-order valence-corrected chi connectivity index (χ4v) is 3.38. The first-order valence-corrected chi connectivity index (χ1v) is 9.38. The van der Waals surface area contributed by atoms with Crippen molar-refractivity contribution in [1.29, 1.82) is 0 Å². The van der Waals surface area contributed by atoms with E-state index >= 15 is 0 Å². The van der Waals surface area contributed by atoms with Crippen molar-refractivity contribution >= 4 is 11.6 Å². The second-order valence-corrected chi connectivity index (χ2v) is 7.37. The van der Waals surface area contributed by atoms with Gasteiger partial charge in [-0.25, -0.2) is 0 Å². The highest BCUT2D eigenvalue weighted by Gasteiger charge is 2.38. The predicted octanol–water partition coefficient (Wildman–Crippen LogP) is 6.68. The number of rotatable bonds is 3. The minimum Gasteiger partial charge on any atom is -0.309 e. The summed E-state index contributed by atoms with van der Waals surface area (Å²) in [5.74, 6) is -1.03. The molecule has 0 unspecified atom stereocenters. The summed E-state index contributed by atoms with van der Waals surface area (Å²) in [7, 11) is 1.28. The molecule has 0 spiro atoms. The number of hydrogen-bond acceptors (Lipinski definition) is 2. The van der Waals surface area contributed by atoms with E-state index in [1.54, 1.807) is 6.07 Å². The van der Waals surface area contributed by atoms with Crippen molar-refractivity contribution < 1.29 is 31.1 Å². The number of anilines is 1. The highest BCUT2D eigenvalue weighted by Crippen LogP contribution is 2.37. The van der Waals surface area contributed by atoms with Crippen LogP contribution in [0.25, 0.3) is 11.1 Å². The lowest BCUT2D eigenvalue weighted by atomic mass is 9.97. The van der Waals surface area contributed by atoms with E-state index in [4.69, 9.17) is 0 Å². The fourth-order valence-electron chi connectivity index (χ4n) is 3.38. The van der Waals surface area contributed by atoms with Crippen molar-refractivity contribution in [2.75, 3.05) is 11.9 Å². The van der Waals surface area contributed by atoms with Crippen LogP contribution in [0.3, 0.4) is 0 Å². The van der Waals surface area contributed by atoms with Crippen molar-refractivity contribution in [2.24, 2.45) is 0 Å². The lowest BCUT2D eigenvalue weighted by Gasteiger charge is -2.22. The number of halogens is 6. The predicted molar refractivity (Wildman–Crippen MR) is 108 cm³/mol. The van der Waals surface area contributed by atoms with Crippen LogP contribution in [-0.2, 0) is 12.4 Å². The second kappa shape index (κ2) is 8.29. The molecule has 0 fully saturated rings. The van der Waals surface area contributed by atoms with Gasteiger partial charge in [-0.1, -0.05) is 23.8 Å². The van der Waals surface area contributed by atoms with Crippen LogP contribution in [0.4, 0.5) is 32.0 Å². The molecule has 1 amide bonds. The second-order valence-electron chi connectivity index (χ2n) is 7.37. The maximum absolute atomic E-state index is 13.2. The van der Waals surface area contributed by atoms with Gasteiger partial charge in [-0.3, -0.25) is 9.78 Å². The molecule has 168 valence electrons. The minimum atomic E-state index is -5.05. The first-order valence-electron chi connectivity index (χ1n) is 9.38. The van der Waals surface area contributed by atoms with Gasteiger partial charge in [0.05, 0.1) is 23.0 Å². The average Bonchev–Trinajstić information content (AvgIpc) is 2.71. The number of carbonyl (C=O) groups excluding carboxylic acids is 1. The standard InChI is InChI=1S/C23H18F6N2O/c1-13-4-5-18(14(2)8-13)19-6-7-30-12-20(19)31(3)21(32)15-9-16(22(24,25)26)11-17(10-15)23(27,28)29/h4-12H,1-3H3. The number of benzene rings is 2. The van der Waals surface area contributed by atoms with Gasteiger partial charge in [0.2, 0.25) is 0 Å². The summed E-state index contributed by atoms with van der Waals surface area (Å²) in [6, 6.07) is 8.06. The first-order chi connectivity index (χ1) is 14.8. The Hall–Kier alpha value is -3.36. The molecule has 0 atom stereocenters. The summed E-state index contributed by atoms with van der Waals surface area (Å²) in [4.78, 5) is 18.0. The number of nitrogens with zero attached hydrogens (tertiary/aromatic N) is 2. The smallest absolute Gasteiger partial charge is 0.309 e. The largest absolute Gasteiger partial charge is 0.416 e. The molecule has 3 rings (SSSR count). The Balaban J connectivity index is 2.11. The quantitative estimate of drug-likeness (QED) is 0.416. The Morgan fingerprint density at radius 3 is 1.97 bits per heavy atom. The van der Waals surface area contributed by atoms with Crippen molar-refractivity contribution in [3.8, 4) is 11.1 Å². The number of hydrogen-bond donors (Lipinski definition) is 0. The van der Waals surface area contributed by atoms with E-state index in [1.165, 1.54) is 19.4 Å². The number of alkyl halides is 6. The van der Waals surface area contributed by atoms with E-state index < -0.39 is 35.0 Å². The van der Waals surface area contributed by atoms with Crippen LogP contribution in [0.1, 0.15) is 32.6 Å². The summed E-state index contributed by atoms with van der Waals surface area (Å²) < 4.78 is 79.1. The average molecular weight is 452 g/mol. The van der Waals surface area contributed by atoms with Gasteiger partial charge in [-0.05, 0) is 49.2 Å². The number of pyridine rings is 1. The Morgan fingerprint density at radius 2 is 1.44 bits per heavy atom. The minimum absolute atomic E-state index is 0.0120. The normalized spacial score (nSPS) is 12.0. The van der Waals surface area contributed by atoms with E-state index in [1.807, 2.05) is 32.0 Å². The van der Waals surface area contributed by atoms with Crippen LogP contribution in [-0.4, -0.2) is 17.9 Å². The molecule has 0 bridgehead atoms. The van der Waals surface area contributed by atoms with E-state index in [0.717, 1.165) is 21.6 Å². The highest BCUT2D eigenvalue weighted by molar-refractivity contribution is 6.08. The third-order valence-electron chi connectivity index (χ3n) is 4.97. The van der Waals surface area contributed by atoms with E-state index in [9.17, 15) is 31.1 Å². The van der Waals surface area contributed by atoms with Gasteiger partial charge in [0.1, 0.15) is 0 Å². The molecule has 32 heavy (non-hydrogen) atoms. The zero-order valence-electron chi connectivity index (χ0n) is 17.3. The number of aryl methyl sites for hydroxylation is 2. The maximum Gasteiger partial charge on any atom is 0.416 e. The number of aromatic nitrogens is 1. The first kappa shape index (κ1) is 23.3. The molecule has 3 nitrogen and oxygen atoms in total. The third kappa shape index (κ3) is 4.76. The van der Waals surface area contributed by atoms with Crippen LogP contribution in [0.15, 0.2) is 54.9 Å². The van der Waals surface area contributed by atoms with Gasteiger partial charge in [0.25, 0.3) is 5.91 Å². The van der Waals surface area contributed by atoms with Crippen LogP contribution in [0, 0.1) is 13.8 Å². The monoisotopic (exact) mass is 452 g/mol. The summed E-state index contributed by atoms with van der Waals surface area (Å²) in [6.07, 6.45) is -7.27. The Labute approximate surface area is 180 Å². The molecule has 0 radical (unpaired) electrons. The van der Waals surface area contributed by atoms with Gasteiger partial charge in [-0.2, -0.15) is 26.3 Å². The van der Waals surface area contributed by atoms with E-state index in [0.29, 0.717) is 17.7 Å². The van der Waals surface area contributed by atoms with Gasteiger partial charge in [0.15, 0.2) is 0 Å². The number of amides is 1. The molecule has 0 aliphatic heterocycles. The lowest BCUT2D eigenvalue weighted by Crippen LogP contribution is -2.28. The van der Waals surface area contributed by atoms with Crippen LogP contribution < -0.4 is 4.90 Å².